The van der Waals surface area contributed by atoms with Crippen LogP contribution in [-0.4, -0.2) is 17.4 Å². The summed E-state index contributed by atoms with van der Waals surface area (Å²) in [7, 11) is 0. The fraction of sp³-hybridized carbons (Fsp3) is 0.400. The Morgan fingerprint density at radius 3 is 3.04 bits per heavy atom. The number of anilines is 1. The molecule has 1 aromatic carbocycles. The summed E-state index contributed by atoms with van der Waals surface area (Å²) in [6.07, 6.45) is 9.20. The summed E-state index contributed by atoms with van der Waals surface area (Å²) >= 11 is 0. The number of amides is 1. The maximum Gasteiger partial charge on any atom is 0.231 e. The summed E-state index contributed by atoms with van der Waals surface area (Å²) in [5, 5.41) is 0. The van der Waals surface area contributed by atoms with Gasteiger partial charge >= 0.3 is 0 Å². The van der Waals surface area contributed by atoms with Crippen molar-refractivity contribution in [2.75, 3.05) is 11.4 Å². The van der Waals surface area contributed by atoms with Gasteiger partial charge in [0.25, 0.3) is 0 Å². The molecule has 0 bridgehead atoms. The van der Waals surface area contributed by atoms with E-state index in [0.717, 1.165) is 37.9 Å². The normalized spacial score (nSPS) is 27.7. The van der Waals surface area contributed by atoms with Crippen molar-refractivity contribution < 1.29 is 4.79 Å². The third-order valence-electron chi connectivity index (χ3n) is 6.04. The van der Waals surface area contributed by atoms with Crippen LogP contribution in [0.2, 0.25) is 0 Å². The lowest BCUT2D eigenvalue weighted by molar-refractivity contribution is -0.120. The second-order valence-electron chi connectivity index (χ2n) is 7.17. The molecular formula is C20H20N2O. The van der Waals surface area contributed by atoms with Crippen LogP contribution in [0.3, 0.4) is 0 Å². The molecule has 1 amide bonds. The lowest BCUT2D eigenvalue weighted by atomic mass is 9.78. The van der Waals surface area contributed by atoms with E-state index in [0.29, 0.717) is 5.91 Å². The third-order valence-corrected chi connectivity index (χ3v) is 6.04. The Balaban J connectivity index is 1.47. The van der Waals surface area contributed by atoms with E-state index in [4.69, 9.17) is 0 Å². The molecular weight excluding hydrogens is 284 g/mol. The molecule has 0 saturated heterocycles. The van der Waals surface area contributed by atoms with Gasteiger partial charge in [-0.3, -0.25) is 9.78 Å². The second-order valence-corrected chi connectivity index (χ2v) is 7.17. The Bertz CT molecular complexity index is 800. The van der Waals surface area contributed by atoms with Crippen LogP contribution in [0.15, 0.2) is 42.7 Å². The van der Waals surface area contributed by atoms with Crippen molar-refractivity contribution in [3.63, 3.8) is 0 Å². The molecule has 116 valence electrons. The van der Waals surface area contributed by atoms with Crippen LogP contribution in [0, 0.1) is 5.92 Å². The quantitative estimate of drug-likeness (QED) is 0.810. The molecule has 1 spiro atoms. The molecule has 3 heteroatoms. The largest absolute Gasteiger partial charge is 0.311 e. The first-order valence-electron chi connectivity index (χ1n) is 8.62. The highest BCUT2D eigenvalue weighted by molar-refractivity contribution is 6.00. The highest BCUT2D eigenvalue weighted by Gasteiger charge is 2.61. The number of nitrogens with zero attached hydrogens (tertiary/aromatic N) is 2. The predicted molar refractivity (Wildman–Crippen MR) is 89.5 cm³/mol. The van der Waals surface area contributed by atoms with Gasteiger partial charge in [0.2, 0.25) is 5.91 Å². The second kappa shape index (κ2) is 4.67. The van der Waals surface area contributed by atoms with E-state index < -0.39 is 0 Å². The fourth-order valence-electron chi connectivity index (χ4n) is 4.80. The van der Waals surface area contributed by atoms with E-state index in [1.165, 1.54) is 23.1 Å². The zero-order valence-corrected chi connectivity index (χ0v) is 13.2. The van der Waals surface area contributed by atoms with Crippen molar-refractivity contribution in [1.29, 1.82) is 0 Å². The molecule has 23 heavy (non-hydrogen) atoms. The zero-order valence-electron chi connectivity index (χ0n) is 13.2. The van der Waals surface area contributed by atoms with Gasteiger partial charge in [0.15, 0.2) is 0 Å². The number of aromatic nitrogens is 1. The summed E-state index contributed by atoms with van der Waals surface area (Å²) in [5.74, 6) is 0.495. The van der Waals surface area contributed by atoms with E-state index in [1.807, 2.05) is 17.2 Å². The SMILES string of the molecule is O=C([C@@H]1C[C@@]12CCCc1ccccc12)N1CCc2cnccc21. The Kier molecular flexibility index (Phi) is 2.70. The molecule has 1 saturated carbocycles. The molecule has 1 aliphatic heterocycles. The van der Waals surface area contributed by atoms with Crippen molar-refractivity contribution in [3.05, 3.63) is 59.4 Å². The summed E-state index contributed by atoms with van der Waals surface area (Å²) in [4.78, 5) is 19.4. The number of benzene rings is 1. The average Bonchev–Trinajstić information content (AvgIpc) is 3.14. The standard InChI is InChI=1S/C20H20N2O/c23-19(22-11-8-15-13-21-10-7-18(15)22)17-12-20(17)9-3-5-14-4-1-2-6-16(14)20/h1-2,4,6-7,10,13,17H,3,5,8-9,11-12H2/t17-,20+/m0/s1. The molecule has 2 aromatic rings. The molecule has 3 nitrogen and oxygen atoms in total. The van der Waals surface area contributed by atoms with Gasteiger partial charge in [0, 0.05) is 36.0 Å². The van der Waals surface area contributed by atoms with E-state index >= 15 is 0 Å². The molecule has 1 aromatic heterocycles. The molecule has 3 aliphatic rings. The maximum atomic E-state index is 13.2. The lowest BCUT2D eigenvalue weighted by Gasteiger charge is -2.27. The Morgan fingerprint density at radius 2 is 2.09 bits per heavy atom. The molecule has 0 radical (unpaired) electrons. The number of hydrogen-bond donors (Lipinski definition) is 0. The minimum atomic E-state index is 0.127. The zero-order chi connectivity index (χ0) is 15.4. The molecule has 5 rings (SSSR count). The van der Waals surface area contributed by atoms with Gasteiger partial charge < -0.3 is 4.90 Å². The first-order valence-corrected chi connectivity index (χ1v) is 8.62. The van der Waals surface area contributed by atoms with Gasteiger partial charge in [0.1, 0.15) is 0 Å². The number of carbonyl (C=O) groups is 1. The minimum absolute atomic E-state index is 0.127. The molecule has 0 N–H and O–H groups in total. The molecule has 1 fully saturated rings. The van der Waals surface area contributed by atoms with Crippen molar-refractivity contribution in [2.24, 2.45) is 5.92 Å². The summed E-state index contributed by atoms with van der Waals surface area (Å²) in [5.41, 5.74) is 5.32. The third kappa shape index (κ3) is 1.82. The Morgan fingerprint density at radius 1 is 1.17 bits per heavy atom. The number of rotatable bonds is 1. The van der Waals surface area contributed by atoms with Gasteiger partial charge in [0.05, 0.1) is 0 Å². The summed E-state index contributed by atoms with van der Waals surface area (Å²) in [6.45, 7) is 0.814. The van der Waals surface area contributed by atoms with Crippen LogP contribution < -0.4 is 4.90 Å². The smallest absolute Gasteiger partial charge is 0.231 e. The van der Waals surface area contributed by atoms with Gasteiger partial charge in [-0.2, -0.15) is 0 Å². The average molecular weight is 304 g/mol. The fourth-order valence-corrected chi connectivity index (χ4v) is 4.80. The van der Waals surface area contributed by atoms with Crippen LogP contribution in [0.1, 0.15) is 36.0 Å². The monoisotopic (exact) mass is 304 g/mol. The number of pyridine rings is 1. The summed E-state index contributed by atoms with van der Waals surface area (Å²) < 4.78 is 0. The van der Waals surface area contributed by atoms with E-state index in [-0.39, 0.29) is 11.3 Å². The van der Waals surface area contributed by atoms with Crippen molar-refractivity contribution in [3.8, 4) is 0 Å². The van der Waals surface area contributed by atoms with E-state index in [9.17, 15) is 4.79 Å². The van der Waals surface area contributed by atoms with Crippen molar-refractivity contribution in [1.82, 2.24) is 4.98 Å². The lowest BCUT2D eigenvalue weighted by Crippen LogP contribution is -2.33. The predicted octanol–water partition coefficient (Wildman–Crippen LogP) is 3.26. The maximum absolute atomic E-state index is 13.2. The van der Waals surface area contributed by atoms with Crippen LogP contribution in [0.25, 0.3) is 0 Å². The van der Waals surface area contributed by atoms with Crippen LogP contribution >= 0.6 is 0 Å². The Labute approximate surface area is 136 Å². The van der Waals surface area contributed by atoms with Gasteiger partial charge in [-0.1, -0.05) is 24.3 Å². The first-order chi connectivity index (χ1) is 11.3. The van der Waals surface area contributed by atoms with Crippen LogP contribution in [-0.2, 0) is 23.1 Å². The van der Waals surface area contributed by atoms with Crippen LogP contribution in [0.5, 0.6) is 0 Å². The number of hydrogen-bond acceptors (Lipinski definition) is 2. The molecule has 0 unspecified atom stereocenters. The minimum Gasteiger partial charge on any atom is -0.311 e. The van der Waals surface area contributed by atoms with Crippen molar-refractivity contribution in [2.45, 2.75) is 37.5 Å². The highest BCUT2D eigenvalue weighted by Crippen LogP contribution is 2.61. The molecule has 2 atom stereocenters. The highest BCUT2D eigenvalue weighted by atomic mass is 16.2. The molecule has 2 aliphatic carbocycles. The van der Waals surface area contributed by atoms with Gasteiger partial charge in [-0.15, -0.1) is 0 Å². The number of aryl methyl sites for hydroxylation is 1. The van der Waals surface area contributed by atoms with E-state index in [1.54, 1.807) is 6.20 Å². The molecule has 2 heterocycles. The number of fused-ring (bicyclic) bond motifs is 3. The first kappa shape index (κ1) is 13.3. The number of carbonyl (C=O) groups excluding carboxylic acids is 1. The van der Waals surface area contributed by atoms with E-state index in [2.05, 4.69) is 29.2 Å². The van der Waals surface area contributed by atoms with Gasteiger partial charge in [-0.05, 0) is 54.9 Å². The van der Waals surface area contributed by atoms with Gasteiger partial charge in [-0.25, -0.2) is 0 Å². The summed E-state index contributed by atoms with van der Waals surface area (Å²) in [6, 6.07) is 10.7. The van der Waals surface area contributed by atoms with Crippen LogP contribution in [0.4, 0.5) is 5.69 Å². The topological polar surface area (TPSA) is 33.2 Å². The van der Waals surface area contributed by atoms with Crippen molar-refractivity contribution >= 4 is 11.6 Å². The Hall–Kier alpha value is -2.16.